The minimum Gasteiger partial charge on any atom is -0.481 e. The first-order chi connectivity index (χ1) is 21.8. The molecule has 0 fully saturated rings. The second-order valence-corrected chi connectivity index (χ2v) is 11.1. The monoisotopic (exact) mass is 605 g/mol. The van der Waals surface area contributed by atoms with E-state index >= 15 is 0 Å². The van der Waals surface area contributed by atoms with Crippen molar-refractivity contribution >= 4 is 45.4 Å². The highest BCUT2D eigenvalue weighted by Crippen LogP contribution is 2.25. The number of rotatable bonds is 14. The number of nitrogens with one attached hydrogen (secondary N) is 1. The lowest BCUT2D eigenvalue weighted by atomic mass is 10.0. The van der Waals surface area contributed by atoms with Gasteiger partial charge in [-0.25, -0.2) is 4.79 Å². The number of benzene rings is 4. The Morgan fingerprint density at radius 2 is 1.56 bits per heavy atom. The van der Waals surface area contributed by atoms with Crippen molar-refractivity contribution in [3.8, 4) is 0 Å². The van der Waals surface area contributed by atoms with Gasteiger partial charge in [-0.1, -0.05) is 91.0 Å². The number of hydrogen-bond acceptors (Lipinski definition) is 5. The number of para-hydroxylation sites is 1. The van der Waals surface area contributed by atoms with Gasteiger partial charge in [-0.05, 0) is 40.8 Å². The summed E-state index contributed by atoms with van der Waals surface area (Å²) >= 11 is 0. The Labute approximate surface area is 260 Å². The number of aliphatic carboxylic acids is 1. The highest BCUT2D eigenvalue weighted by Gasteiger charge is 2.34. The van der Waals surface area contributed by atoms with Gasteiger partial charge in [0.1, 0.15) is 12.1 Å². The van der Waals surface area contributed by atoms with Crippen LogP contribution in [-0.4, -0.2) is 50.9 Å². The first-order valence-electron chi connectivity index (χ1n) is 14.9. The molecule has 4 N–H and O–H groups in total. The first-order valence-corrected chi connectivity index (χ1v) is 14.9. The number of ether oxygens (including phenoxy) is 1. The van der Waals surface area contributed by atoms with Crippen LogP contribution >= 0.6 is 0 Å². The number of aromatic amines is 1. The van der Waals surface area contributed by atoms with Crippen LogP contribution in [0.2, 0.25) is 0 Å². The minimum atomic E-state index is -1.13. The number of H-pyrrole nitrogens is 1. The van der Waals surface area contributed by atoms with Crippen molar-refractivity contribution in [3.63, 3.8) is 0 Å². The Bertz CT molecular complexity index is 1820. The normalized spacial score (nSPS) is 12.4. The summed E-state index contributed by atoms with van der Waals surface area (Å²) in [7, 11) is 0. The summed E-state index contributed by atoms with van der Waals surface area (Å²) in [4.78, 5) is 56.4. The number of nitrogens with two attached hydrogens (primary N) is 1. The number of fused-ring (bicyclic) bond motifs is 2. The summed E-state index contributed by atoms with van der Waals surface area (Å²) in [5, 5.41) is 12.1. The molecule has 4 aromatic carbocycles. The zero-order chi connectivity index (χ0) is 31.8. The van der Waals surface area contributed by atoms with Crippen LogP contribution in [0, 0.1) is 0 Å². The number of hydrogen-bond donors (Lipinski definition) is 3. The van der Waals surface area contributed by atoms with Gasteiger partial charge in [0.15, 0.2) is 0 Å². The maximum absolute atomic E-state index is 14.3. The number of aromatic nitrogens is 1. The smallest absolute Gasteiger partial charge is 0.329 e. The Hall–Kier alpha value is -5.44. The van der Waals surface area contributed by atoms with E-state index in [2.05, 4.69) is 4.98 Å². The third-order valence-electron chi connectivity index (χ3n) is 7.78. The van der Waals surface area contributed by atoms with Gasteiger partial charge in [-0.15, -0.1) is 0 Å². The second kappa shape index (κ2) is 14.4. The molecule has 0 bridgehead atoms. The molecular weight excluding hydrogens is 570 g/mol. The van der Waals surface area contributed by atoms with Crippen LogP contribution in [0.1, 0.15) is 47.2 Å². The molecule has 0 spiro atoms. The van der Waals surface area contributed by atoms with Crippen LogP contribution in [-0.2, 0) is 32.1 Å². The zero-order valence-electron chi connectivity index (χ0n) is 24.7. The molecule has 2 amide bonds. The maximum atomic E-state index is 14.3. The van der Waals surface area contributed by atoms with Gasteiger partial charge in [0.2, 0.25) is 5.91 Å². The molecule has 0 saturated heterocycles. The van der Waals surface area contributed by atoms with Gasteiger partial charge in [-0.3, -0.25) is 14.4 Å². The summed E-state index contributed by atoms with van der Waals surface area (Å²) in [5.74, 6) is -2.78. The fourth-order valence-electron chi connectivity index (χ4n) is 5.61. The summed E-state index contributed by atoms with van der Waals surface area (Å²) in [6.07, 6.45) is 0.732. The molecule has 0 aliphatic carbocycles. The molecule has 5 rings (SSSR count). The predicted molar refractivity (Wildman–Crippen MR) is 171 cm³/mol. The maximum Gasteiger partial charge on any atom is 0.329 e. The van der Waals surface area contributed by atoms with Gasteiger partial charge in [-0.2, -0.15) is 0 Å². The van der Waals surface area contributed by atoms with E-state index in [4.69, 9.17) is 10.5 Å². The molecule has 2 atom stereocenters. The average molecular weight is 606 g/mol. The molecule has 0 aliphatic rings. The third kappa shape index (κ3) is 7.94. The van der Waals surface area contributed by atoms with Gasteiger partial charge in [0.25, 0.3) is 5.91 Å². The highest BCUT2D eigenvalue weighted by atomic mass is 16.5. The lowest BCUT2D eigenvalue weighted by Crippen LogP contribution is -2.46. The molecule has 1 aromatic heterocycles. The van der Waals surface area contributed by atoms with E-state index in [1.807, 2.05) is 97.1 Å². The van der Waals surface area contributed by atoms with Crippen molar-refractivity contribution in [2.75, 3.05) is 0 Å². The van der Waals surface area contributed by atoms with E-state index in [1.54, 1.807) is 6.20 Å². The number of nitrogens with zero attached hydrogens (tertiary/aromatic N) is 1. The molecule has 5 aromatic rings. The number of carboxylic acids is 1. The Morgan fingerprint density at radius 1 is 0.844 bits per heavy atom. The number of carboxylic acid groups (broad SMARTS) is 1. The Balaban J connectivity index is 1.47. The van der Waals surface area contributed by atoms with E-state index in [0.717, 1.165) is 27.4 Å². The van der Waals surface area contributed by atoms with Crippen molar-refractivity contribution in [1.82, 2.24) is 9.88 Å². The molecule has 9 nitrogen and oxygen atoms in total. The summed E-state index contributed by atoms with van der Waals surface area (Å²) in [6, 6.07) is 29.2. The van der Waals surface area contributed by atoms with Crippen molar-refractivity contribution < 1.29 is 29.0 Å². The number of carbonyl (C=O) groups excluding carboxylic acids is 3. The molecule has 0 unspecified atom stereocenters. The van der Waals surface area contributed by atoms with E-state index in [0.29, 0.717) is 10.9 Å². The number of amides is 2. The van der Waals surface area contributed by atoms with Gasteiger partial charge in [0.05, 0.1) is 12.0 Å². The van der Waals surface area contributed by atoms with Gasteiger partial charge >= 0.3 is 11.9 Å². The Morgan fingerprint density at radius 3 is 2.31 bits per heavy atom. The largest absolute Gasteiger partial charge is 0.481 e. The molecule has 45 heavy (non-hydrogen) atoms. The fraction of sp³-hybridized carbons (Fsp3) is 0.222. The summed E-state index contributed by atoms with van der Waals surface area (Å²) in [6.45, 7) is 0.0805. The zero-order valence-corrected chi connectivity index (χ0v) is 24.7. The fourth-order valence-corrected chi connectivity index (χ4v) is 5.61. The van der Waals surface area contributed by atoms with Crippen molar-refractivity contribution in [1.29, 1.82) is 0 Å². The average Bonchev–Trinajstić information content (AvgIpc) is 3.46. The van der Waals surface area contributed by atoms with Crippen molar-refractivity contribution in [3.05, 3.63) is 120 Å². The van der Waals surface area contributed by atoms with Crippen LogP contribution in [0.5, 0.6) is 0 Å². The SMILES string of the molecule is NC(=O)C[C@H](Cc1ccc2ccccc2c1)OC(=O)[C@H](CCCC(=O)O)N(Cc1ccccc1)C(=O)c1c[nH]c2ccccc12. The molecule has 9 heteroatoms. The van der Waals surface area contributed by atoms with E-state index in [9.17, 15) is 24.3 Å². The van der Waals surface area contributed by atoms with Crippen LogP contribution in [0.4, 0.5) is 0 Å². The number of esters is 1. The molecule has 1 heterocycles. The molecule has 0 aliphatic heterocycles. The molecular formula is C36H35N3O6. The minimum absolute atomic E-state index is 0.0470. The number of primary amides is 1. The highest BCUT2D eigenvalue weighted by molar-refractivity contribution is 6.07. The Kier molecular flexibility index (Phi) is 9.89. The second-order valence-electron chi connectivity index (χ2n) is 11.1. The summed E-state index contributed by atoms with van der Waals surface area (Å²) in [5.41, 5.74) is 8.35. The van der Waals surface area contributed by atoms with Crippen LogP contribution in [0.25, 0.3) is 21.7 Å². The van der Waals surface area contributed by atoms with Crippen molar-refractivity contribution in [2.45, 2.75) is 50.8 Å². The molecule has 230 valence electrons. The lowest BCUT2D eigenvalue weighted by molar-refractivity contribution is -0.156. The number of carbonyl (C=O) groups is 4. The summed E-state index contributed by atoms with van der Waals surface area (Å²) < 4.78 is 5.98. The third-order valence-corrected chi connectivity index (χ3v) is 7.78. The van der Waals surface area contributed by atoms with Crippen molar-refractivity contribution in [2.24, 2.45) is 5.73 Å². The predicted octanol–water partition coefficient (Wildman–Crippen LogP) is 5.62. The topological polar surface area (TPSA) is 143 Å². The van der Waals surface area contributed by atoms with E-state index < -0.39 is 35.9 Å². The van der Waals surface area contributed by atoms with Gasteiger partial charge in [0, 0.05) is 36.5 Å². The quantitative estimate of drug-likeness (QED) is 0.140. The van der Waals surface area contributed by atoms with Gasteiger partial charge < -0.3 is 25.5 Å². The molecule has 0 saturated carbocycles. The first kappa shape index (κ1) is 31.0. The molecule has 0 radical (unpaired) electrons. The van der Waals surface area contributed by atoms with E-state index in [-0.39, 0.29) is 38.6 Å². The standard InChI is InChI=1S/C36H35N3O6/c37-33(40)21-28(20-25-17-18-26-11-4-5-12-27(26)19-25)45-36(44)32(15-8-16-34(41)42)39(23-24-9-2-1-3-10-24)35(43)30-22-38-31-14-7-6-13-29(30)31/h1-7,9-14,17-19,22,28,32,38H,8,15-16,20-21,23H2,(H2,37,40)(H,41,42)/t28-,32-/m0/s1. The van der Waals surface area contributed by atoms with E-state index in [1.165, 1.54) is 4.90 Å². The lowest BCUT2D eigenvalue weighted by Gasteiger charge is -2.32. The van der Waals surface area contributed by atoms with Crippen LogP contribution in [0.15, 0.2) is 103 Å². The van der Waals surface area contributed by atoms with Crippen LogP contribution in [0.3, 0.4) is 0 Å². The van der Waals surface area contributed by atoms with Crippen LogP contribution < -0.4 is 5.73 Å².